The molecule has 0 saturated heterocycles. The molecule has 0 heterocycles. The number of rotatable bonds is 2. The van der Waals surface area contributed by atoms with Crippen LogP contribution in [0.2, 0.25) is 0 Å². The lowest BCUT2D eigenvalue weighted by atomic mass is 9.86. The van der Waals surface area contributed by atoms with E-state index < -0.39 is 0 Å². The maximum Gasteiger partial charge on any atom is 0.119 e. The van der Waals surface area contributed by atoms with Crippen LogP contribution in [0.4, 0.5) is 0 Å². The highest BCUT2D eigenvalue weighted by Crippen LogP contribution is 2.29. The van der Waals surface area contributed by atoms with Gasteiger partial charge in [-0.1, -0.05) is 45.2 Å². The zero-order valence-electron chi connectivity index (χ0n) is 13.2. The lowest BCUT2D eigenvalue weighted by Gasteiger charge is -2.29. The first kappa shape index (κ1) is 15.0. The van der Waals surface area contributed by atoms with E-state index in [4.69, 9.17) is 4.74 Å². The molecule has 1 fully saturated rings. The molecule has 1 heteroatoms. The van der Waals surface area contributed by atoms with Crippen LogP contribution in [0.15, 0.2) is 24.3 Å². The molecule has 0 spiro atoms. The average molecular weight is 270 g/mol. The first-order chi connectivity index (χ1) is 9.50. The summed E-state index contributed by atoms with van der Waals surface area (Å²) in [5.41, 5.74) is 1.54. The van der Waals surface area contributed by atoms with E-state index in [9.17, 15) is 0 Å². The summed E-state index contributed by atoms with van der Waals surface area (Å²) >= 11 is 0. The molecule has 2 rings (SSSR count). The highest BCUT2D eigenvalue weighted by atomic mass is 16.5. The van der Waals surface area contributed by atoms with Crippen LogP contribution in [0.3, 0.4) is 0 Å². The van der Waals surface area contributed by atoms with Gasteiger partial charge in [0.2, 0.25) is 0 Å². The Balaban J connectivity index is 2.06. The van der Waals surface area contributed by atoms with Crippen molar-refractivity contribution in [3.05, 3.63) is 29.8 Å². The van der Waals surface area contributed by atoms with Gasteiger partial charge in [0.25, 0.3) is 0 Å². The van der Waals surface area contributed by atoms with Crippen LogP contribution in [0.5, 0.6) is 5.75 Å². The fraction of sp³-hybridized carbons (Fsp3) is 0.579. The van der Waals surface area contributed by atoms with Gasteiger partial charge in [0.1, 0.15) is 11.9 Å². The van der Waals surface area contributed by atoms with E-state index in [2.05, 4.69) is 56.9 Å². The summed E-state index contributed by atoms with van der Waals surface area (Å²) in [5.74, 6) is 7.75. The Kier molecular flexibility index (Phi) is 4.76. The van der Waals surface area contributed by atoms with Crippen molar-refractivity contribution in [3.8, 4) is 17.6 Å². The highest BCUT2D eigenvalue weighted by molar-refractivity contribution is 5.31. The van der Waals surface area contributed by atoms with E-state index in [-0.39, 0.29) is 11.5 Å². The number of hydrogen-bond donors (Lipinski definition) is 0. The SMILES string of the molecule is CC#CC1CCCCC1Oc1ccc(C(C)(C)C)cc1. The fourth-order valence-electron chi connectivity index (χ4n) is 2.80. The van der Waals surface area contributed by atoms with Gasteiger partial charge in [-0.3, -0.25) is 0 Å². The van der Waals surface area contributed by atoms with E-state index in [0.29, 0.717) is 5.92 Å². The van der Waals surface area contributed by atoms with Gasteiger partial charge < -0.3 is 4.74 Å². The minimum Gasteiger partial charge on any atom is -0.489 e. The first-order valence-corrected chi connectivity index (χ1v) is 7.70. The number of hydrogen-bond acceptors (Lipinski definition) is 1. The second-order valence-electron chi connectivity index (χ2n) is 6.72. The van der Waals surface area contributed by atoms with Crippen molar-refractivity contribution in [2.45, 2.75) is 64.9 Å². The van der Waals surface area contributed by atoms with E-state index in [1.165, 1.54) is 24.8 Å². The van der Waals surface area contributed by atoms with E-state index in [1.807, 2.05) is 6.92 Å². The zero-order valence-corrected chi connectivity index (χ0v) is 13.2. The Hall–Kier alpha value is -1.42. The summed E-state index contributed by atoms with van der Waals surface area (Å²) in [4.78, 5) is 0. The van der Waals surface area contributed by atoms with Crippen LogP contribution in [0.1, 0.15) is 58.9 Å². The third-order valence-electron chi connectivity index (χ3n) is 4.04. The predicted octanol–water partition coefficient (Wildman–Crippen LogP) is 4.95. The molecular formula is C19H26O. The summed E-state index contributed by atoms with van der Waals surface area (Å²) in [7, 11) is 0. The van der Waals surface area contributed by atoms with E-state index >= 15 is 0 Å². The Morgan fingerprint density at radius 1 is 1.05 bits per heavy atom. The van der Waals surface area contributed by atoms with Gasteiger partial charge in [-0.2, -0.15) is 0 Å². The summed E-state index contributed by atoms with van der Waals surface area (Å²) in [6.07, 6.45) is 5.09. The van der Waals surface area contributed by atoms with Crippen LogP contribution in [0.25, 0.3) is 0 Å². The molecular weight excluding hydrogens is 244 g/mol. The molecule has 1 aromatic carbocycles. The van der Waals surface area contributed by atoms with Crippen LogP contribution in [-0.2, 0) is 5.41 Å². The highest BCUT2D eigenvalue weighted by Gasteiger charge is 2.25. The van der Waals surface area contributed by atoms with Gasteiger partial charge in [-0.05, 0) is 49.3 Å². The second-order valence-corrected chi connectivity index (χ2v) is 6.72. The predicted molar refractivity (Wildman–Crippen MR) is 85.0 cm³/mol. The quantitative estimate of drug-likeness (QED) is 0.691. The Morgan fingerprint density at radius 2 is 1.70 bits per heavy atom. The monoisotopic (exact) mass is 270 g/mol. The van der Waals surface area contributed by atoms with Gasteiger partial charge in [-0.15, -0.1) is 5.92 Å². The minimum absolute atomic E-state index is 0.194. The van der Waals surface area contributed by atoms with E-state index in [1.54, 1.807) is 0 Å². The summed E-state index contributed by atoms with van der Waals surface area (Å²) in [6.45, 7) is 8.62. The Labute approximate surface area is 123 Å². The third kappa shape index (κ3) is 3.79. The molecule has 0 N–H and O–H groups in total. The topological polar surface area (TPSA) is 9.23 Å². The Bertz CT molecular complexity index is 481. The molecule has 0 radical (unpaired) electrons. The van der Waals surface area contributed by atoms with Gasteiger partial charge in [0.05, 0.1) is 5.92 Å². The van der Waals surface area contributed by atoms with Gasteiger partial charge in [0.15, 0.2) is 0 Å². The smallest absolute Gasteiger partial charge is 0.119 e. The second kappa shape index (κ2) is 6.35. The molecule has 1 aromatic rings. The van der Waals surface area contributed by atoms with Crippen LogP contribution in [-0.4, -0.2) is 6.10 Å². The third-order valence-corrected chi connectivity index (χ3v) is 4.04. The maximum atomic E-state index is 6.19. The average Bonchev–Trinajstić information content (AvgIpc) is 2.41. The molecule has 108 valence electrons. The largest absolute Gasteiger partial charge is 0.489 e. The molecule has 1 saturated carbocycles. The molecule has 2 unspecified atom stereocenters. The first-order valence-electron chi connectivity index (χ1n) is 7.70. The zero-order chi connectivity index (χ0) is 14.6. The summed E-state index contributed by atoms with van der Waals surface area (Å²) in [5, 5.41) is 0. The van der Waals surface area contributed by atoms with Gasteiger partial charge >= 0.3 is 0 Å². The van der Waals surface area contributed by atoms with Crippen molar-refractivity contribution >= 4 is 0 Å². The lowest BCUT2D eigenvalue weighted by Crippen LogP contribution is -2.29. The summed E-state index contributed by atoms with van der Waals surface area (Å²) < 4.78 is 6.19. The molecule has 0 aliphatic heterocycles. The van der Waals surface area contributed by atoms with Crippen LogP contribution >= 0.6 is 0 Å². The number of ether oxygens (including phenoxy) is 1. The molecule has 1 aliphatic rings. The Morgan fingerprint density at radius 3 is 2.30 bits per heavy atom. The molecule has 1 nitrogen and oxygen atoms in total. The van der Waals surface area contributed by atoms with Crippen molar-refractivity contribution in [1.29, 1.82) is 0 Å². The van der Waals surface area contributed by atoms with Crippen LogP contribution in [0, 0.1) is 17.8 Å². The van der Waals surface area contributed by atoms with Crippen LogP contribution < -0.4 is 4.74 Å². The molecule has 1 aliphatic carbocycles. The van der Waals surface area contributed by atoms with Crippen molar-refractivity contribution in [3.63, 3.8) is 0 Å². The fourth-order valence-corrected chi connectivity index (χ4v) is 2.80. The van der Waals surface area contributed by atoms with Crippen molar-refractivity contribution in [1.82, 2.24) is 0 Å². The lowest BCUT2D eigenvalue weighted by molar-refractivity contribution is 0.121. The van der Waals surface area contributed by atoms with Gasteiger partial charge in [0, 0.05) is 0 Å². The standard InChI is InChI=1S/C19H26O/c1-5-8-15-9-6-7-10-18(15)20-17-13-11-16(12-14-17)19(2,3)4/h11-15,18H,6-7,9-10H2,1-4H3. The molecule has 2 atom stereocenters. The number of benzene rings is 1. The summed E-state index contributed by atoms with van der Waals surface area (Å²) in [6, 6.07) is 8.56. The van der Waals surface area contributed by atoms with Crippen molar-refractivity contribution in [2.75, 3.05) is 0 Å². The molecule has 0 bridgehead atoms. The van der Waals surface area contributed by atoms with Gasteiger partial charge in [-0.25, -0.2) is 0 Å². The van der Waals surface area contributed by atoms with E-state index in [0.717, 1.165) is 12.2 Å². The molecule has 0 amide bonds. The van der Waals surface area contributed by atoms with Crippen molar-refractivity contribution < 1.29 is 4.74 Å². The maximum absolute atomic E-state index is 6.19. The minimum atomic E-state index is 0.194. The van der Waals surface area contributed by atoms with Crippen molar-refractivity contribution in [2.24, 2.45) is 5.92 Å². The normalized spacial score (nSPS) is 22.8. The molecule has 0 aromatic heterocycles. The molecule has 20 heavy (non-hydrogen) atoms.